The van der Waals surface area contributed by atoms with E-state index >= 15 is 0 Å². The minimum atomic E-state index is 0.168. The standard InChI is InChI=1S/C13H17NO/c1-9(2)12-6-4-5-11-7-14(10(3)15)8-13(11)12/h4-6,9H,7-8H2,1-3H3. The molecule has 1 aliphatic rings. The molecule has 15 heavy (non-hydrogen) atoms. The maximum absolute atomic E-state index is 11.3. The molecule has 80 valence electrons. The Hall–Kier alpha value is -1.31. The summed E-state index contributed by atoms with van der Waals surface area (Å²) in [4.78, 5) is 13.2. The van der Waals surface area contributed by atoms with Gasteiger partial charge < -0.3 is 4.90 Å². The van der Waals surface area contributed by atoms with Crippen molar-refractivity contribution in [1.82, 2.24) is 4.90 Å². The van der Waals surface area contributed by atoms with E-state index in [4.69, 9.17) is 0 Å². The summed E-state index contributed by atoms with van der Waals surface area (Å²) in [5, 5.41) is 0. The lowest BCUT2D eigenvalue weighted by molar-refractivity contribution is -0.129. The number of fused-ring (bicyclic) bond motifs is 1. The summed E-state index contributed by atoms with van der Waals surface area (Å²) in [7, 11) is 0. The van der Waals surface area contributed by atoms with Crippen molar-refractivity contribution in [2.24, 2.45) is 0 Å². The van der Waals surface area contributed by atoms with Crippen LogP contribution in [0.4, 0.5) is 0 Å². The van der Waals surface area contributed by atoms with Gasteiger partial charge >= 0.3 is 0 Å². The highest BCUT2D eigenvalue weighted by atomic mass is 16.2. The summed E-state index contributed by atoms with van der Waals surface area (Å²) < 4.78 is 0. The van der Waals surface area contributed by atoms with Crippen LogP contribution in [0.5, 0.6) is 0 Å². The molecule has 0 N–H and O–H groups in total. The normalized spacial score (nSPS) is 14.5. The molecule has 2 nitrogen and oxygen atoms in total. The van der Waals surface area contributed by atoms with Crippen molar-refractivity contribution in [2.45, 2.75) is 39.8 Å². The predicted octanol–water partition coefficient (Wildman–Crippen LogP) is 2.67. The zero-order chi connectivity index (χ0) is 11.0. The molecule has 0 spiro atoms. The van der Waals surface area contributed by atoms with E-state index in [0.29, 0.717) is 5.92 Å². The summed E-state index contributed by atoms with van der Waals surface area (Å²) in [6, 6.07) is 6.40. The van der Waals surface area contributed by atoms with Gasteiger partial charge in [0.2, 0.25) is 5.91 Å². The Bertz CT molecular complexity index is 396. The number of hydrogen-bond acceptors (Lipinski definition) is 1. The molecular weight excluding hydrogens is 186 g/mol. The smallest absolute Gasteiger partial charge is 0.220 e. The summed E-state index contributed by atoms with van der Waals surface area (Å²) in [6.07, 6.45) is 0. The van der Waals surface area contributed by atoms with Crippen molar-refractivity contribution in [1.29, 1.82) is 0 Å². The molecule has 0 saturated carbocycles. The van der Waals surface area contributed by atoms with Gasteiger partial charge in [-0.05, 0) is 22.6 Å². The summed E-state index contributed by atoms with van der Waals surface area (Å²) >= 11 is 0. The molecule has 1 aromatic carbocycles. The second-order valence-corrected chi connectivity index (χ2v) is 4.51. The first kappa shape index (κ1) is 10.2. The highest BCUT2D eigenvalue weighted by molar-refractivity contribution is 5.74. The van der Waals surface area contributed by atoms with Crippen LogP contribution < -0.4 is 0 Å². The van der Waals surface area contributed by atoms with E-state index in [2.05, 4.69) is 32.0 Å². The van der Waals surface area contributed by atoms with E-state index < -0.39 is 0 Å². The zero-order valence-corrected chi connectivity index (χ0v) is 9.58. The fourth-order valence-electron chi connectivity index (χ4n) is 2.21. The van der Waals surface area contributed by atoms with Gasteiger partial charge in [0.1, 0.15) is 0 Å². The Morgan fingerprint density at radius 2 is 2.07 bits per heavy atom. The van der Waals surface area contributed by atoms with Crippen LogP contribution in [-0.4, -0.2) is 10.8 Å². The van der Waals surface area contributed by atoms with Gasteiger partial charge in [0.25, 0.3) is 0 Å². The molecule has 0 aromatic heterocycles. The third kappa shape index (κ3) is 1.76. The molecule has 1 heterocycles. The van der Waals surface area contributed by atoms with Crippen LogP contribution in [0.15, 0.2) is 18.2 Å². The lowest BCUT2D eigenvalue weighted by Gasteiger charge is -2.13. The summed E-state index contributed by atoms with van der Waals surface area (Å²) in [6.45, 7) is 7.61. The first-order valence-electron chi connectivity index (χ1n) is 5.45. The van der Waals surface area contributed by atoms with Gasteiger partial charge in [-0.3, -0.25) is 4.79 Å². The van der Waals surface area contributed by atoms with Crippen LogP contribution in [0.1, 0.15) is 43.4 Å². The van der Waals surface area contributed by atoms with Crippen molar-refractivity contribution in [2.75, 3.05) is 0 Å². The summed E-state index contributed by atoms with van der Waals surface area (Å²) in [5.74, 6) is 0.702. The van der Waals surface area contributed by atoms with Crippen LogP contribution in [-0.2, 0) is 17.9 Å². The Labute approximate surface area is 90.9 Å². The Morgan fingerprint density at radius 3 is 2.67 bits per heavy atom. The predicted molar refractivity (Wildman–Crippen MR) is 60.5 cm³/mol. The molecule has 0 fully saturated rings. The number of rotatable bonds is 1. The fourth-order valence-corrected chi connectivity index (χ4v) is 2.21. The van der Waals surface area contributed by atoms with Crippen molar-refractivity contribution in [3.8, 4) is 0 Å². The molecule has 0 aliphatic carbocycles. The van der Waals surface area contributed by atoms with Crippen LogP contribution >= 0.6 is 0 Å². The molecule has 0 radical (unpaired) electrons. The van der Waals surface area contributed by atoms with E-state index in [1.54, 1.807) is 6.92 Å². The first-order chi connectivity index (χ1) is 7.09. The van der Waals surface area contributed by atoms with Crippen LogP contribution in [0.25, 0.3) is 0 Å². The van der Waals surface area contributed by atoms with Gasteiger partial charge in [0.05, 0.1) is 0 Å². The molecule has 1 aromatic rings. The minimum absolute atomic E-state index is 0.168. The van der Waals surface area contributed by atoms with E-state index in [-0.39, 0.29) is 5.91 Å². The van der Waals surface area contributed by atoms with Crippen molar-refractivity contribution >= 4 is 5.91 Å². The van der Waals surface area contributed by atoms with Gasteiger partial charge in [0.15, 0.2) is 0 Å². The fraction of sp³-hybridized carbons (Fsp3) is 0.462. The van der Waals surface area contributed by atoms with E-state index in [9.17, 15) is 4.79 Å². The van der Waals surface area contributed by atoms with Gasteiger partial charge in [0, 0.05) is 20.0 Å². The monoisotopic (exact) mass is 203 g/mol. The number of hydrogen-bond donors (Lipinski definition) is 0. The molecule has 1 amide bonds. The average Bonchev–Trinajstić information content (AvgIpc) is 2.60. The van der Waals surface area contributed by atoms with Crippen molar-refractivity contribution < 1.29 is 4.79 Å². The highest BCUT2D eigenvalue weighted by Crippen LogP contribution is 2.29. The van der Waals surface area contributed by atoms with Crippen LogP contribution in [0, 0.1) is 0 Å². The molecule has 2 rings (SSSR count). The molecule has 1 aliphatic heterocycles. The number of carbonyl (C=O) groups excluding carboxylic acids is 1. The maximum Gasteiger partial charge on any atom is 0.220 e. The van der Waals surface area contributed by atoms with Gasteiger partial charge in [-0.15, -0.1) is 0 Å². The van der Waals surface area contributed by atoms with Crippen molar-refractivity contribution in [3.05, 3.63) is 34.9 Å². The third-order valence-electron chi connectivity index (χ3n) is 3.09. The Kier molecular flexibility index (Phi) is 2.51. The molecule has 0 saturated heterocycles. The first-order valence-corrected chi connectivity index (χ1v) is 5.45. The lowest BCUT2D eigenvalue weighted by Crippen LogP contribution is -2.21. The SMILES string of the molecule is CC(=O)N1Cc2cccc(C(C)C)c2C1. The zero-order valence-electron chi connectivity index (χ0n) is 9.58. The second-order valence-electron chi connectivity index (χ2n) is 4.51. The minimum Gasteiger partial charge on any atom is -0.334 e. The second kappa shape index (κ2) is 3.69. The van der Waals surface area contributed by atoms with Crippen LogP contribution in [0.2, 0.25) is 0 Å². The average molecular weight is 203 g/mol. The molecular formula is C13H17NO. The quantitative estimate of drug-likeness (QED) is 0.687. The summed E-state index contributed by atoms with van der Waals surface area (Å²) in [5.41, 5.74) is 4.07. The third-order valence-corrected chi connectivity index (χ3v) is 3.09. The number of benzene rings is 1. The molecule has 0 bridgehead atoms. The van der Waals surface area contributed by atoms with Gasteiger partial charge in [-0.1, -0.05) is 32.0 Å². The number of nitrogens with zero attached hydrogens (tertiary/aromatic N) is 1. The molecule has 0 unspecified atom stereocenters. The van der Waals surface area contributed by atoms with Crippen LogP contribution in [0.3, 0.4) is 0 Å². The van der Waals surface area contributed by atoms with Gasteiger partial charge in [-0.2, -0.15) is 0 Å². The topological polar surface area (TPSA) is 20.3 Å². The maximum atomic E-state index is 11.3. The number of amides is 1. The highest BCUT2D eigenvalue weighted by Gasteiger charge is 2.23. The van der Waals surface area contributed by atoms with E-state index in [0.717, 1.165) is 13.1 Å². The number of carbonyl (C=O) groups is 1. The largest absolute Gasteiger partial charge is 0.334 e. The van der Waals surface area contributed by atoms with E-state index in [1.165, 1.54) is 16.7 Å². The lowest BCUT2D eigenvalue weighted by atomic mass is 9.95. The molecule has 0 atom stereocenters. The van der Waals surface area contributed by atoms with E-state index in [1.807, 2.05) is 4.90 Å². The molecule has 2 heteroatoms. The Balaban J connectivity index is 2.37. The van der Waals surface area contributed by atoms with Gasteiger partial charge in [-0.25, -0.2) is 0 Å². The van der Waals surface area contributed by atoms with Crippen molar-refractivity contribution in [3.63, 3.8) is 0 Å². The Morgan fingerprint density at radius 1 is 1.33 bits per heavy atom.